The van der Waals surface area contributed by atoms with Crippen LogP contribution in [0.5, 0.6) is 0 Å². The van der Waals surface area contributed by atoms with Crippen LogP contribution in [0.2, 0.25) is 0 Å². The van der Waals surface area contributed by atoms with Gasteiger partial charge in [0.25, 0.3) is 0 Å². The first-order valence-electron chi connectivity index (χ1n) is 7.22. The predicted molar refractivity (Wildman–Crippen MR) is 81.3 cm³/mol. The van der Waals surface area contributed by atoms with Gasteiger partial charge < -0.3 is 0 Å². The van der Waals surface area contributed by atoms with Crippen molar-refractivity contribution in [2.75, 3.05) is 0 Å². The van der Waals surface area contributed by atoms with Crippen molar-refractivity contribution in [3.05, 3.63) is 48.0 Å². The van der Waals surface area contributed by atoms with Crippen molar-refractivity contribution in [3.8, 4) is 0 Å². The molecular formula is C18H22O. The molecule has 0 aromatic heterocycles. The number of ketones is 1. The Bertz CT molecular complexity index is 552. The van der Waals surface area contributed by atoms with Crippen molar-refractivity contribution in [1.82, 2.24) is 0 Å². The van der Waals surface area contributed by atoms with Gasteiger partial charge in [-0.05, 0) is 22.3 Å². The summed E-state index contributed by atoms with van der Waals surface area (Å²) in [5.74, 6) is 0.914. The van der Waals surface area contributed by atoms with E-state index in [4.69, 9.17) is 0 Å². The highest BCUT2D eigenvalue weighted by atomic mass is 16.1. The molecule has 0 unspecified atom stereocenters. The summed E-state index contributed by atoms with van der Waals surface area (Å²) in [5.41, 5.74) is 1.13. The molecular weight excluding hydrogens is 232 g/mol. The summed E-state index contributed by atoms with van der Waals surface area (Å²) in [4.78, 5) is 12.1. The Morgan fingerprint density at radius 2 is 1.68 bits per heavy atom. The zero-order valence-electron chi connectivity index (χ0n) is 11.9. The number of benzene rings is 2. The summed E-state index contributed by atoms with van der Waals surface area (Å²) in [6, 6.07) is 14.6. The van der Waals surface area contributed by atoms with Crippen LogP contribution in [0.15, 0.2) is 42.5 Å². The van der Waals surface area contributed by atoms with Gasteiger partial charge in [-0.25, -0.2) is 0 Å². The van der Waals surface area contributed by atoms with Crippen LogP contribution in [0.4, 0.5) is 0 Å². The maximum atomic E-state index is 12.1. The van der Waals surface area contributed by atoms with Crippen molar-refractivity contribution in [2.45, 2.75) is 39.5 Å². The zero-order valence-corrected chi connectivity index (χ0v) is 11.9. The normalized spacial score (nSPS) is 11.1. The van der Waals surface area contributed by atoms with E-state index in [1.807, 2.05) is 12.1 Å². The van der Waals surface area contributed by atoms with Crippen LogP contribution in [0.3, 0.4) is 0 Å². The van der Waals surface area contributed by atoms with E-state index in [9.17, 15) is 4.79 Å². The molecule has 0 aliphatic carbocycles. The van der Waals surface area contributed by atoms with Crippen LogP contribution in [0.25, 0.3) is 10.8 Å². The molecule has 1 heteroatoms. The van der Waals surface area contributed by atoms with E-state index in [1.54, 1.807) is 0 Å². The van der Waals surface area contributed by atoms with E-state index in [2.05, 4.69) is 44.2 Å². The molecule has 2 aromatic carbocycles. The molecule has 0 atom stereocenters. The third-order valence-electron chi connectivity index (χ3n) is 3.89. The van der Waals surface area contributed by atoms with Gasteiger partial charge in [0.05, 0.1) is 0 Å². The van der Waals surface area contributed by atoms with Gasteiger partial charge >= 0.3 is 0 Å². The summed E-state index contributed by atoms with van der Waals surface area (Å²) >= 11 is 0. The average Bonchev–Trinajstić information content (AvgIpc) is 2.44. The largest absolute Gasteiger partial charge is 0.299 e. The lowest BCUT2D eigenvalue weighted by atomic mass is 9.94. The molecule has 100 valence electrons. The maximum Gasteiger partial charge on any atom is 0.137 e. The Labute approximate surface area is 115 Å². The lowest BCUT2D eigenvalue weighted by Crippen LogP contribution is -2.09. The molecule has 2 rings (SSSR count). The highest BCUT2D eigenvalue weighted by molar-refractivity contribution is 5.86. The van der Waals surface area contributed by atoms with E-state index >= 15 is 0 Å². The second kappa shape index (κ2) is 6.51. The highest BCUT2D eigenvalue weighted by Gasteiger charge is 2.11. The molecule has 0 amide bonds. The molecule has 0 spiro atoms. The molecule has 0 saturated carbocycles. The minimum Gasteiger partial charge on any atom is -0.299 e. The third kappa shape index (κ3) is 3.66. The molecule has 0 fully saturated rings. The highest BCUT2D eigenvalue weighted by Crippen LogP contribution is 2.18. The molecule has 0 heterocycles. The zero-order chi connectivity index (χ0) is 13.7. The predicted octanol–water partition coefficient (Wildman–Crippen LogP) is 4.78. The van der Waals surface area contributed by atoms with Crippen LogP contribution in [-0.2, 0) is 11.2 Å². The number of hydrogen-bond donors (Lipinski definition) is 0. The molecule has 19 heavy (non-hydrogen) atoms. The summed E-state index contributed by atoms with van der Waals surface area (Å²) in [5, 5.41) is 2.45. The Balaban J connectivity index is 2.06. The van der Waals surface area contributed by atoms with Gasteiger partial charge in [-0.3, -0.25) is 4.79 Å². The van der Waals surface area contributed by atoms with Gasteiger partial charge in [0.15, 0.2) is 0 Å². The first-order chi connectivity index (χ1) is 9.22. The first-order valence-corrected chi connectivity index (χ1v) is 7.22. The molecule has 0 aliphatic rings. The molecule has 0 saturated heterocycles. The summed E-state index contributed by atoms with van der Waals surface area (Å²) in [6.45, 7) is 4.33. The van der Waals surface area contributed by atoms with Gasteiger partial charge in [-0.1, -0.05) is 69.2 Å². The number of rotatable bonds is 6. The van der Waals surface area contributed by atoms with Gasteiger partial charge in [0.1, 0.15) is 5.78 Å². The lowest BCUT2D eigenvalue weighted by molar-refractivity contribution is -0.119. The van der Waals surface area contributed by atoms with Crippen molar-refractivity contribution in [1.29, 1.82) is 0 Å². The van der Waals surface area contributed by atoms with E-state index in [0.717, 1.165) is 24.8 Å². The lowest BCUT2D eigenvalue weighted by Gasteiger charge is -2.11. The van der Waals surface area contributed by atoms with Crippen molar-refractivity contribution < 1.29 is 4.79 Å². The van der Waals surface area contributed by atoms with Crippen LogP contribution >= 0.6 is 0 Å². The number of fused-ring (bicyclic) bond motifs is 1. The van der Waals surface area contributed by atoms with Crippen LogP contribution in [0, 0.1) is 5.92 Å². The van der Waals surface area contributed by atoms with Crippen molar-refractivity contribution >= 4 is 16.6 Å². The molecule has 0 aliphatic heterocycles. The van der Waals surface area contributed by atoms with E-state index in [1.165, 1.54) is 10.8 Å². The molecule has 2 aromatic rings. The van der Waals surface area contributed by atoms with Gasteiger partial charge in [-0.2, -0.15) is 0 Å². The van der Waals surface area contributed by atoms with E-state index in [0.29, 0.717) is 18.1 Å². The van der Waals surface area contributed by atoms with Crippen LogP contribution < -0.4 is 0 Å². The number of Topliss-reactive ketones (excluding diaryl/α,β-unsaturated/α-hetero) is 1. The van der Waals surface area contributed by atoms with Gasteiger partial charge in [0, 0.05) is 12.8 Å². The summed E-state index contributed by atoms with van der Waals surface area (Å²) < 4.78 is 0. The minimum absolute atomic E-state index is 0.365. The number of carbonyl (C=O) groups is 1. The Hall–Kier alpha value is -1.63. The number of carbonyl (C=O) groups excluding carboxylic acids is 1. The van der Waals surface area contributed by atoms with Gasteiger partial charge in [-0.15, -0.1) is 0 Å². The SMILES string of the molecule is CCC(CC)CC(=O)Cc1ccc2ccccc2c1. The number of hydrogen-bond acceptors (Lipinski definition) is 1. The third-order valence-corrected chi connectivity index (χ3v) is 3.89. The fourth-order valence-corrected chi connectivity index (χ4v) is 2.55. The minimum atomic E-state index is 0.365. The Morgan fingerprint density at radius 1 is 1.00 bits per heavy atom. The maximum absolute atomic E-state index is 12.1. The monoisotopic (exact) mass is 254 g/mol. The molecule has 0 bridgehead atoms. The van der Waals surface area contributed by atoms with E-state index in [-0.39, 0.29) is 0 Å². The first kappa shape index (κ1) is 13.8. The summed E-state index contributed by atoms with van der Waals surface area (Å²) in [6.07, 6.45) is 3.49. The Kier molecular flexibility index (Phi) is 4.73. The molecule has 0 N–H and O–H groups in total. The quantitative estimate of drug-likeness (QED) is 0.725. The van der Waals surface area contributed by atoms with Crippen molar-refractivity contribution in [2.24, 2.45) is 5.92 Å². The smallest absolute Gasteiger partial charge is 0.137 e. The standard InChI is InChI=1S/C18H22O/c1-3-14(4-2)12-18(19)13-15-9-10-16-7-5-6-8-17(16)11-15/h5-11,14H,3-4,12-13H2,1-2H3. The van der Waals surface area contributed by atoms with Crippen LogP contribution in [0.1, 0.15) is 38.7 Å². The fourth-order valence-electron chi connectivity index (χ4n) is 2.55. The second-order valence-electron chi connectivity index (χ2n) is 5.28. The molecule has 0 radical (unpaired) electrons. The average molecular weight is 254 g/mol. The molecule has 1 nitrogen and oxygen atoms in total. The van der Waals surface area contributed by atoms with Gasteiger partial charge in [0.2, 0.25) is 0 Å². The Morgan fingerprint density at radius 3 is 2.37 bits per heavy atom. The van der Waals surface area contributed by atoms with Crippen molar-refractivity contribution in [3.63, 3.8) is 0 Å². The second-order valence-corrected chi connectivity index (χ2v) is 5.28. The topological polar surface area (TPSA) is 17.1 Å². The summed E-state index contributed by atoms with van der Waals surface area (Å²) in [7, 11) is 0. The van der Waals surface area contributed by atoms with Crippen LogP contribution in [-0.4, -0.2) is 5.78 Å². The fraction of sp³-hybridized carbons (Fsp3) is 0.389. The van der Waals surface area contributed by atoms with E-state index < -0.39 is 0 Å².